The summed E-state index contributed by atoms with van der Waals surface area (Å²) in [4.78, 5) is 14.0. The van der Waals surface area contributed by atoms with Crippen LogP contribution >= 0.6 is 0 Å². The molecule has 94 valence electrons. The third kappa shape index (κ3) is 3.48. The molecule has 0 aromatic heterocycles. The van der Waals surface area contributed by atoms with E-state index in [4.69, 9.17) is 5.73 Å². The Hall–Kier alpha value is -0.570. The molecule has 1 heterocycles. The van der Waals surface area contributed by atoms with Gasteiger partial charge in [-0.2, -0.15) is 0 Å². The van der Waals surface area contributed by atoms with Gasteiger partial charge < -0.3 is 10.6 Å². The SMILES string of the molecule is CCC1CCN(C(=O)CC(N)C(C)(C)C)C1. The maximum Gasteiger partial charge on any atom is 0.224 e. The van der Waals surface area contributed by atoms with Crippen molar-refractivity contribution in [2.24, 2.45) is 17.1 Å². The van der Waals surface area contributed by atoms with Gasteiger partial charge in [-0.05, 0) is 17.8 Å². The lowest BCUT2D eigenvalue weighted by Crippen LogP contribution is -2.41. The summed E-state index contributed by atoms with van der Waals surface area (Å²) < 4.78 is 0. The van der Waals surface area contributed by atoms with Crippen LogP contribution in [0.5, 0.6) is 0 Å². The molecule has 16 heavy (non-hydrogen) atoms. The van der Waals surface area contributed by atoms with E-state index in [1.54, 1.807) is 0 Å². The highest BCUT2D eigenvalue weighted by Crippen LogP contribution is 2.23. The zero-order chi connectivity index (χ0) is 12.3. The largest absolute Gasteiger partial charge is 0.342 e. The number of likely N-dealkylation sites (tertiary alicyclic amines) is 1. The van der Waals surface area contributed by atoms with Crippen molar-refractivity contribution >= 4 is 5.91 Å². The second kappa shape index (κ2) is 5.17. The number of nitrogens with two attached hydrogens (primary N) is 1. The summed E-state index contributed by atoms with van der Waals surface area (Å²) in [5.41, 5.74) is 6.05. The first-order chi connectivity index (χ1) is 7.34. The molecule has 0 bridgehead atoms. The molecule has 0 saturated carbocycles. The summed E-state index contributed by atoms with van der Waals surface area (Å²) in [6.45, 7) is 10.3. The molecule has 1 saturated heterocycles. The fourth-order valence-corrected chi connectivity index (χ4v) is 2.02. The zero-order valence-corrected chi connectivity index (χ0v) is 11.1. The lowest BCUT2D eigenvalue weighted by molar-refractivity contribution is -0.131. The monoisotopic (exact) mass is 226 g/mol. The maximum absolute atomic E-state index is 12.0. The Labute approximate surface area is 99.4 Å². The molecular weight excluding hydrogens is 200 g/mol. The Morgan fingerprint density at radius 3 is 2.56 bits per heavy atom. The summed E-state index contributed by atoms with van der Waals surface area (Å²) in [6.07, 6.45) is 2.82. The topological polar surface area (TPSA) is 46.3 Å². The minimum atomic E-state index is -0.0410. The average molecular weight is 226 g/mol. The first kappa shape index (κ1) is 13.5. The summed E-state index contributed by atoms with van der Waals surface area (Å²) >= 11 is 0. The standard InChI is InChI=1S/C13H26N2O/c1-5-10-6-7-15(9-10)12(16)8-11(14)13(2,3)4/h10-11H,5-9,14H2,1-4H3. The van der Waals surface area contributed by atoms with E-state index < -0.39 is 0 Å². The first-order valence-electron chi connectivity index (χ1n) is 6.38. The van der Waals surface area contributed by atoms with Crippen LogP contribution in [-0.2, 0) is 4.79 Å². The van der Waals surface area contributed by atoms with Crippen molar-refractivity contribution in [3.63, 3.8) is 0 Å². The molecule has 0 aromatic rings. The number of carbonyl (C=O) groups excluding carboxylic acids is 1. The normalized spacial score (nSPS) is 23.6. The highest BCUT2D eigenvalue weighted by atomic mass is 16.2. The second-order valence-electron chi connectivity index (χ2n) is 6.08. The predicted molar refractivity (Wildman–Crippen MR) is 67.0 cm³/mol. The van der Waals surface area contributed by atoms with Gasteiger partial charge in [-0.15, -0.1) is 0 Å². The summed E-state index contributed by atoms with van der Waals surface area (Å²) in [6, 6.07) is -0.0410. The Morgan fingerprint density at radius 2 is 2.12 bits per heavy atom. The lowest BCUT2D eigenvalue weighted by Gasteiger charge is -2.28. The van der Waals surface area contributed by atoms with Crippen molar-refractivity contribution in [2.75, 3.05) is 13.1 Å². The Kier molecular flexibility index (Phi) is 4.36. The number of amides is 1. The smallest absolute Gasteiger partial charge is 0.224 e. The average Bonchev–Trinajstić information content (AvgIpc) is 2.64. The molecule has 2 atom stereocenters. The minimum Gasteiger partial charge on any atom is -0.342 e. The van der Waals surface area contributed by atoms with Crippen LogP contribution in [0.1, 0.15) is 47.0 Å². The van der Waals surface area contributed by atoms with E-state index in [2.05, 4.69) is 27.7 Å². The second-order valence-corrected chi connectivity index (χ2v) is 6.08. The highest BCUT2D eigenvalue weighted by molar-refractivity contribution is 5.77. The van der Waals surface area contributed by atoms with Crippen molar-refractivity contribution in [3.05, 3.63) is 0 Å². The van der Waals surface area contributed by atoms with Gasteiger partial charge in [-0.3, -0.25) is 4.79 Å². The van der Waals surface area contributed by atoms with Crippen LogP contribution in [-0.4, -0.2) is 29.9 Å². The van der Waals surface area contributed by atoms with Crippen LogP contribution < -0.4 is 5.73 Å². The molecule has 3 nitrogen and oxygen atoms in total. The summed E-state index contributed by atoms with van der Waals surface area (Å²) in [5.74, 6) is 0.938. The Morgan fingerprint density at radius 1 is 1.50 bits per heavy atom. The molecule has 1 fully saturated rings. The van der Waals surface area contributed by atoms with Crippen LogP contribution in [0.3, 0.4) is 0 Å². The van der Waals surface area contributed by atoms with Gasteiger partial charge in [0.05, 0.1) is 0 Å². The Balaban J connectivity index is 2.42. The van der Waals surface area contributed by atoms with Gasteiger partial charge in [-0.1, -0.05) is 34.1 Å². The van der Waals surface area contributed by atoms with Crippen LogP contribution in [0, 0.1) is 11.3 Å². The van der Waals surface area contributed by atoms with Gasteiger partial charge >= 0.3 is 0 Å². The third-order valence-electron chi connectivity index (χ3n) is 3.72. The van der Waals surface area contributed by atoms with Crippen molar-refractivity contribution in [1.82, 2.24) is 4.90 Å². The van der Waals surface area contributed by atoms with Gasteiger partial charge in [0.25, 0.3) is 0 Å². The first-order valence-corrected chi connectivity index (χ1v) is 6.38. The van der Waals surface area contributed by atoms with Crippen molar-refractivity contribution < 1.29 is 4.79 Å². The molecule has 0 radical (unpaired) electrons. The van der Waals surface area contributed by atoms with E-state index in [9.17, 15) is 4.79 Å². The highest BCUT2D eigenvalue weighted by Gasteiger charge is 2.29. The number of rotatable bonds is 3. The minimum absolute atomic E-state index is 0.0134. The van der Waals surface area contributed by atoms with Crippen molar-refractivity contribution in [2.45, 2.75) is 53.0 Å². The maximum atomic E-state index is 12.0. The molecule has 1 amide bonds. The van der Waals surface area contributed by atoms with Gasteiger partial charge in [0.1, 0.15) is 0 Å². The molecule has 3 heteroatoms. The molecule has 2 unspecified atom stereocenters. The third-order valence-corrected chi connectivity index (χ3v) is 3.72. The number of hydrogen-bond donors (Lipinski definition) is 1. The van der Waals surface area contributed by atoms with Gasteiger partial charge in [0, 0.05) is 25.6 Å². The summed E-state index contributed by atoms with van der Waals surface area (Å²) in [5, 5.41) is 0. The Bertz CT molecular complexity index is 245. The van der Waals surface area contributed by atoms with E-state index in [0.717, 1.165) is 19.5 Å². The summed E-state index contributed by atoms with van der Waals surface area (Å²) in [7, 11) is 0. The van der Waals surface area contributed by atoms with Crippen LogP contribution in [0.15, 0.2) is 0 Å². The number of nitrogens with zero attached hydrogens (tertiary/aromatic N) is 1. The van der Waals surface area contributed by atoms with Gasteiger partial charge in [0.15, 0.2) is 0 Å². The molecule has 1 rings (SSSR count). The van der Waals surface area contributed by atoms with Crippen LogP contribution in [0.4, 0.5) is 0 Å². The molecule has 2 N–H and O–H groups in total. The zero-order valence-electron chi connectivity index (χ0n) is 11.1. The lowest BCUT2D eigenvalue weighted by atomic mass is 9.85. The quantitative estimate of drug-likeness (QED) is 0.800. The van der Waals surface area contributed by atoms with E-state index in [-0.39, 0.29) is 17.4 Å². The molecule has 1 aliphatic rings. The van der Waals surface area contributed by atoms with Gasteiger partial charge in [-0.25, -0.2) is 0 Å². The van der Waals surface area contributed by atoms with E-state index >= 15 is 0 Å². The van der Waals surface area contributed by atoms with Crippen molar-refractivity contribution in [1.29, 1.82) is 0 Å². The molecule has 0 aliphatic carbocycles. The number of hydrogen-bond acceptors (Lipinski definition) is 2. The molecule has 1 aliphatic heterocycles. The molecule has 0 spiro atoms. The molecular formula is C13H26N2O. The fraction of sp³-hybridized carbons (Fsp3) is 0.923. The van der Waals surface area contributed by atoms with Gasteiger partial charge in [0.2, 0.25) is 5.91 Å². The molecule has 0 aromatic carbocycles. The predicted octanol–water partition coefficient (Wildman–Crippen LogP) is 2.01. The van der Waals surface area contributed by atoms with E-state index in [1.807, 2.05) is 4.90 Å². The van der Waals surface area contributed by atoms with E-state index in [1.165, 1.54) is 6.42 Å². The van der Waals surface area contributed by atoms with Crippen molar-refractivity contribution in [3.8, 4) is 0 Å². The van der Waals surface area contributed by atoms with Crippen LogP contribution in [0.2, 0.25) is 0 Å². The fourth-order valence-electron chi connectivity index (χ4n) is 2.02. The van der Waals surface area contributed by atoms with Crippen LogP contribution in [0.25, 0.3) is 0 Å². The number of carbonyl (C=O) groups is 1. The van der Waals surface area contributed by atoms with E-state index in [0.29, 0.717) is 12.3 Å².